The van der Waals surface area contributed by atoms with Crippen molar-refractivity contribution in [3.8, 4) is 11.5 Å². The first-order valence-electron chi connectivity index (χ1n) is 6.29. The van der Waals surface area contributed by atoms with Gasteiger partial charge in [0.25, 0.3) is 0 Å². The Balaban J connectivity index is 2.54. The monoisotopic (exact) mass is 246 g/mol. The highest BCUT2D eigenvalue weighted by atomic mass is 16.3. The van der Waals surface area contributed by atoms with Gasteiger partial charge in [-0.05, 0) is 51.7 Å². The Hall–Kier alpha value is -1.70. The molecule has 0 aliphatic heterocycles. The van der Waals surface area contributed by atoms with Crippen molar-refractivity contribution in [3.63, 3.8) is 0 Å². The van der Waals surface area contributed by atoms with Crippen LogP contribution in [0.1, 0.15) is 39.2 Å². The van der Waals surface area contributed by atoms with Crippen LogP contribution < -0.4 is 0 Å². The van der Waals surface area contributed by atoms with Gasteiger partial charge in [0.2, 0.25) is 0 Å². The molecule has 1 aromatic carbocycles. The minimum atomic E-state index is 0.0977. The number of benzene rings is 1. The minimum Gasteiger partial charge on any atom is -0.508 e. The highest BCUT2D eigenvalue weighted by molar-refractivity contribution is 5.40. The summed E-state index contributed by atoms with van der Waals surface area (Å²) in [6.45, 7) is 6.32. The van der Waals surface area contributed by atoms with Gasteiger partial charge in [-0.15, -0.1) is 0 Å². The molecule has 1 rings (SSSR count). The fraction of sp³-hybridized carbons (Fsp3) is 0.375. The van der Waals surface area contributed by atoms with Crippen LogP contribution in [0.2, 0.25) is 0 Å². The number of phenols is 2. The molecule has 0 aliphatic rings. The molecule has 0 heterocycles. The van der Waals surface area contributed by atoms with E-state index in [9.17, 15) is 10.2 Å². The summed E-state index contributed by atoms with van der Waals surface area (Å²) in [5.74, 6) is 0.254. The van der Waals surface area contributed by atoms with E-state index in [0.29, 0.717) is 6.42 Å². The number of rotatable bonds is 5. The van der Waals surface area contributed by atoms with E-state index in [4.69, 9.17) is 0 Å². The normalized spacial score (nSPS) is 11.4. The van der Waals surface area contributed by atoms with Crippen molar-refractivity contribution in [2.45, 2.75) is 40.0 Å². The van der Waals surface area contributed by atoms with Gasteiger partial charge in [0.15, 0.2) is 0 Å². The van der Waals surface area contributed by atoms with E-state index in [1.165, 1.54) is 17.2 Å². The van der Waals surface area contributed by atoms with Crippen molar-refractivity contribution in [1.29, 1.82) is 0 Å². The van der Waals surface area contributed by atoms with Crippen LogP contribution in [0.25, 0.3) is 0 Å². The summed E-state index contributed by atoms with van der Waals surface area (Å²) < 4.78 is 0. The lowest BCUT2D eigenvalue weighted by Crippen LogP contribution is -1.85. The van der Waals surface area contributed by atoms with Gasteiger partial charge < -0.3 is 10.2 Å². The maximum absolute atomic E-state index is 9.65. The molecule has 0 atom stereocenters. The molecule has 1 aromatic rings. The molecule has 2 N–H and O–H groups in total. The van der Waals surface area contributed by atoms with E-state index < -0.39 is 0 Å². The van der Waals surface area contributed by atoms with Crippen LogP contribution in [0.4, 0.5) is 0 Å². The first-order chi connectivity index (χ1) is 8.49. The highest BCUT2D eigenvalue weighted by Gasteiger charge is 2.00. The van der Waals surface area contributed by atoms with E-state index in [2.05, 4.69) is 32.9 Å². The molecule has 0 saturated carbocycles. The van der Waals surface area contributed by atoms with Gasteiger partial charge in [-0.25, -0.2) is 0 Å². The third-order valence-electron chi connectivity index (χ3n) is 2.83. The average Bonchev–Trinajstić information content (AvgIpc) is 2.27. The van der Waals surface area contributed by atoms with Crippen molar-refractivity contribution in [1.82, 2.24) is 0 Å². The summed E-state index contributed by atoms with van der Waals surface area (Å²) in [6, 6.07) is 4.73. The third kappa shape index (κ3) is 5.09. The van der Waals surface area contributed by atoms with Crippen LogP contribution in [-0.4, -0.2) is 10.2 Å². The molecule has 2 nitrogen and oxygen atoms in total. The van der Waals surface area contributed by atoms with E-state index in [1.807, 2.05) is 0 Å². The molecule has 0 spiro atoms. The zero-order valence-corrected chi connectivity index (χ0v) is 11.4. The maximum Gasteiger partial charge on any atom is 0.122 e. The highest BCUT2D eigenvalue weighted by Crippen LogP contribution is 2.23. The van der Waals surface area contributed by atoms with Gasteiger partial charge >= 0.3 is 0 Å². The number of hydrogen-bond donors (Lipinski definition) is 2. The summed E-state index contributed by atoms with van der Waals surface area (Å²) in [5, 5.41) is 18.9. The lowest BCUT2D eigenvalue weighted by molar-refractivity contribution is 0.447. The zero-order valence-electron chi connectivity index (χ0n) is 11.4. The van der Waals surface area contributed by atoms with Crippen molar-refractivity contribution in [2.75, 3.05) is 0 Å². The van der Waals surface area contributed by atoms with Crippen molar-refractivity contribution in [3.05, 3.63) is 47.1 Å². The summed E-state index contributed by atoms with van der Waals surface area (Å²) >= 11 is 0. The minimum absolute atomic E-state index is 0.0977. The first-order valence-corrected chi connectivity index (χ1v) is 6.29. The molecule has 0 bridgehead atoms. The molecule has 18 heavy (non-hydrogen) atoms. The van der Waals surface area contributed by atoms with E-state index in [-0.39, 0.29) is 11.5 Å². The second-order valence-corrected chi connectivity index (χ2v) is 4.89. The van der Waals surface area contributed by atoms with E-state index in [1.54, 1.807) is 12.1 Å². The lowest BCUT2D eigenvalue weighted by Gasteiger charge is -2.03. The second-order valence-electron chi connectivity index (χ2n) is 4.89. The Morgan fingerprint density at radius 1 is 1.11 bits per heavy atom. The van der Waals surface area contributed by atoms with Crippen molar-refractivity contribution >= 4 is 0 Å². The zero-order chi connectivity index (χ0) is 13.5. The summed E-state index contributed by atoms with van der Waals surface area (Å²) in [4.78, 5) is 0. The fourth-order valence-corrected chi connectivity index (χ4v) is 1.70. The lowest BCUT2D eigenvalue weighted by atomic mass is 10.1. The average molecular weight is 246 g/mol. The van der Waals surface area contributed by atoms with Crippen LogP contribution >= 0.6 is 0 Å². The van der Waals surface area contributed by atoms with Crippen LogP contribution in [0, 0.1) is 0 Å². The van der Waals surface area contributed by atoms with Gasteiger partial charge in [-0.1, -0.05) is 29.4 Å². The maximum atomic E-state index is 9.65. The van der Waals surface area contributed by atoms with Gasteiger partial charge in [-0.2, -0.15) is 0 Å². The number of allylic oxidation sites excluding steroid dienone is 4. The molecule has 0 aromatic heterocycles. The number of aromatic hydroxyl groups is 2. The smallest absolute Gasteiger partial charge is 0.122 e. The SMILES string of the molecule is CC(C)=CCCC(C)=CCc1ccc(O)cc1O. The predicted molar refractivity (Wildman–Crippen MR) is 75.9 cm³/mol. The Kier molecular flexibility index (Phi) is 5.50. The summed E-state index contributed by atoms with van der Waals surface area (Å²) in [6.07, 6.45) is 7.17. The van der Waals surface area contributed by atoms with Gasteiger partial charge in [0.05, 0.1) is 0 Å². The quantitative estimate of drug-likeness (QED) is 0.759. The van der Waals surface area contributed by atoms with Crippen LogP contribution in [-0.2, 0) is 6.42 Å². The number of hydrogen-bond acceptors (Lipinski definition) is 2. The Labute approximate surface area is 109 Å². The first kappa shape index (κ1) is 14.4. The molecule has 98 valence electrons. The standard InChI is InChI=1S/C16H22O2/c1-12(2)5-4-6-13(3)7-8-14-9-10-15(17)11-16(14)18/h5,7,9-11,17-18H,4,6,8H2,1-3H3. The van der Waals surface area contributed by atoms with E-state index >= 15 is 0 Å². The molecular weight excluding hydrogens is 224 g/mol. The molecule has 2 heteroatoms. The van der Waals surface area contributed by atoms with Crippen molar-refractivity contribution in [2.24, 2.45) is 0 Å². The molecule has 0 aliphatic carbocycles. The topological polar surface area (TPSA) is 40.5 Å². The fourth-order valence-electron chi connectivity index (χ4n) is 1.70. The molecule has 0 saturated heterocycles. The second kappa shape index (κ2) is 6.90. The van der Waals surface area contributed by atoms with Gasteiger partial charge in [0, 0.05) is 6.07 Å². The predicted octanol–water partition coefficient (Wildman–Crippen LogP) is 4.33. The summed E-state index contributed by atoms with van der Waals surface area (Å²) in [5.41, 5.74) is 3.51. The summed E-state index contributed by atoms with van der Waals surface area (Å²) in [7, 11) is 0. The molecule has 0 radical (unpaired) electrons. The molecule has 0 fully saturated rings. The Morgan fingerprint density at radius 2 is 1.83 bits per heavy atom. The third-order valence-corrected chi connectivity index (χ3v) is 2.83. The van der Waals surface area contributed by atoms with E-state index in [0.717, 1.165) is 18.4 Å². The van der Waals surface area contributed by atoms with Gasteiger partial charge in [-0.3, -0.25) is 0 Å². The van der Waals surface area contributed by atoms with Crippen LogP contribution in [0.5, 0.6) is 11.5 Å². The molecular formula is C16H22O2. The largest absolute Gasteiger partial charge is 0.508 e. The van der Waals surface area contributed by atoms with Crippen LogP contribution in [0.15, 0.2) is 41.5 Å². The van der Waals surface area contributed by atoms with Crippen LogP contribution in [0.3, 0.4) is 0 Å². The van der Waals surface area contributed by atoms with Gasteiger partial charge in [0.1, 0.15) is 11.5 Å². The van der Waals surface area contributed by atoms with Crippen molar-refractivity contribution < 1.29 is 10.2 Å². The molecule has 0 amide bonds. The Bertz CT molecular complexity index is 452. The number of phenolic OH excluding ortho intramolecular Hbond substituents is 2. The Morgan fingerprint density at radius 3 is 2.44 bits per heavy atom. The molecule has 0 unspecified atom stereocenters.